The Labute approximate surface area is 155 Å². The molecular formula is C18H30ClFN4O. The minimum atomic E-state index is -0.270. The lowest BCUT2D eigenvalue weighted by Crippen LogP contribution is -2.39. The van der Waals surface area contributed by atoms with Crippen molar-refractivity contribution in [2.75, 3.05) is 53.5 Å². The lowest BCUT2D eigenvalue weighted by Gasteiger charge is -2.16. The van der Waals surface area contributed by atoms with Crippen molar-refractivity contribution in [1.82, 2.24) is 15.5 Å². The van der Waals surface area contributed by atoms with Crippen LogP contribution in [-0.4, -0.2) is 64.3 Å². The molecule has 0 saturated carbocycles. The molecule has 1 aromatic rings. The van der Waals surface area contributed by atoms with Crippen LogP contribution in [0.1, 0.15) is 18.9 Å². The number of nitrogens with one attached hydrogen (secondary N) is 2. The highest BCUT2D eigenvalue weighted by molar-refractivity contribution is 6.31. The molecule has 0 fully saturated rings. The molecule has 0 heterocycles. The first-order chi connectivity index (χ1) is 12.1. The number of halogens is 2. The van der Waals surface area contributed by atoms with Crippen LogP contribution in [0.5, 0.6) is 0 Å². The smallest absolute Gasteiger partial charge is 0.191 e. The molecule has 0 bridgehead atoms. The number of hydrogen-bond donors (Lipinski definition) is 2. The van der Waals surface area contributed by atoms with Gasteiger partial charge in [-0.05, 0) is 38.9 Å². The summed E-state index contributed by atoms with van der Waals surface area (Å²) in [6, 6.07) is 4.75. The molecule has 0 aliphatic rings. The summed E-state index contributed by atoms with van der Waals surface area (Å²) >= 11 is 6.05. The lowest BCUT2D eigenvalue weighted by atomic mass is 10.1. The van der Waals surface area contributed by atoms with Crippen LogP contribution in [-0.2, 0) is 11.2 Å². The summed E-state index contributed by atoms with van der Waals surface area (Å²) in [5.74, 6) is 0.467. The van der Waals surface area contributed by atoms with Crippen LogP contribution in [0.2, 0.25) is 5.02 Å². The normalized spacial score (nSPS) is 11.8. The maximum absolute atomic E-state index is 13.8. The van der Waals surface area contributed by atoms with Gasteiger partial charge in [-0.3, -0.25) is 4.99 Å². The van der Waals surface area contributed by atoms with Gasteiger partial charge in [0.2, 0.25) is 0 Å². The maximum Gasteiger partial charge on any atom is 0.191 e. The number of benzene rings is 1. The van der Waals surface area contributed by atoms with E-state index in [1.165, 1.54) is 6.07 Å². The van der Waals surface area contributed by atoms with Gasteiger partial charge in [-0.1, -0.05) is 17.7 Å². The van der Waals surface area contributed by atoms with Crippen LogP contribution in [0.15, 0.2) is 23.2 Å². The highest BCUT2D eigenvalue weighted by Crippen LogP contribution is 2.18. The number of hydrogen-bond acceptors (Lipinski definition) is 3. The first-order valence-corrected chi connectivity index (χ1v) is 9.08. The van der Waals surface area contributed by atoms with Crippen molar-refractivity contribution in [2.45, 2.75) is 19.8 Å². The van der Waals surface area contributed by atoms with Crippen molar-refractivity contribution in [1.29, 1.82) is 0 Å². The largest absolute Gasteiger partial charge is 0.385 e. The van der Waals surface area contributed by atoms with E-state index < -0.39 is 0 Å². The van der Waals surface area contributed by atoms with E-state index in [-0.39, 0.29) is 5.82 Å². The summed E-state index contributed by atoms with van der Waals surface area (Å²) in [5.41, 5.74) is 0.533. The van der Waals surface area contributed by atoms with Crippen molar-refractivity contribution in [3.8, 4) is 0 Å². The van der Waals surface area contributed by atoms with E-state index in [1.54, 1.807) is 19.2 Å². The average Bonchev–Trinajstić information content (AvgIpc) is 2.57. The molecular weight excluding hydrogens is 343 g/mol. The SMILES string of the molecule is CCNC(=NCCN(C)CCCOC)NCCc1c(F)cccc1Cl. The standard InChI is InChI=1S/C18H30ClFN4O/c1-4-21-18(23-11-13-24(2)12-6-14-25-3)22-10-9-15-16(19)7-5-8-17(15)20/h5,7-8H,4,6,9-14H2,1-3H3,(H2,21,22,23). The Balaban J connectivity index is 2.40. The molecule has 0 aliphatic heterocycles. The fraction of sp³-hybridized carbons (Fsp3) is 0.611. The van der Waals surface area contributed by atoms with Crippen molar-refractivity contribution in [3.05, 3.63) is 34.6 Å². The molecule has 25 heavy (non-hydrogen) atoms. The van der Waals surface area contributed by atoms with Crippen molar-refractivity contribution in [2.24, 2.45) is 4.99 Å². The van der Waals surface area contributed by atoms with E-state index in [0.717, 1.165) is 38.6 Å². The van der Waals surface area contributed by atoms with Crippen molar-refractivity contribution >= 4 is 17.6 Å². The molecule has 0 unspecified atom stereocenters. The Kier molecular flexibility index (Phi) is 11.2. The monoisotopic (exact) mass is 372 g/mol. The van der Waals surface area contributed by atoms with Gasteiger partial charge in [-0.25, -0.2) is 4.39 Å². The van der Waals surface area contributed by atoms with E-state index in [4.69, 9.17) is 16.3 Å². The zero-order valence-electron chi connectivity index (χ0n) is 15.4. The first-order valence-electron chi connectivity index (χ1n) is 8.71. The number of guanidine groups is 1. The molecule has 0 spiro atoms. The van der Waals surface area contributed by atoms with Gasteiger partial charge >= 0.3 is 0 Å². The van der Waals surface area contributed by atoms with Crippen LogP contribution in [0.4, 0.5) is 4.39 Å². The van der Waals surface area contributed by atoms with Gasteiger partial charge in [-0.2, -0.15) is 0 Å². The number of likely N-dealkylation sites (N-methyl/N-ethyl adjacent to an activating group) is 1. The van der Waals surface area contributed by atoms with Crippen LogP contribution in [0.3, 0.4) is 0 Å². The van der Waals surface area contributed by atoms with Gasteiger partial charge in [0.25, 0.3) is 0 Å². The number of nitrogens with zero attached hydrogens (tertiary/aromatic N) is 2. The summed E-state index contributed by atoms with van der Waals surface area (Å²) < 4.78 is 18.8. The first kappa shape index (κ1) is 21.7. The number of methoxy groups -OCH3 is 1. The molecule has 5 nitrogen and oxygen atoms in total. The van der Waals surface area contributed by atoms with Crippen molar-refractivity contribution in [3.63, 3.8) is 0 Å². The van der Waals surface area contributed by atoms with Crippen molar-refractivity contribution < 1.29 is 9.13 Å². The third-order valence-corrected chi connectivity index (χ3v) is 4.07. The Bertz CT molecular complexity index is 508. The lowest BCUT2D eigenvalue weighted by molar-refractivity contribution is 0.180. The number of ether oxygens (including phenoxy) is 1. The molecule has 7 heteroatoms. The summed E-state index contributed by atoms with van der Waals surface area (Å²) in [6.07, 6.45) is 1.52. The Morgan fingerprint density at radius 3 is 2.80 bits per heavy atom. The third kappa shape index (κ3) is 9.05. The molecule has 1 aromatic carbocycles. The molecule has 0 atom stereocenters. The zero-order valence-corrected chi connectivity index (χ0v) is 16.2. The molecule has 0 saturated heterocycles. The summed E-state index contributed by atoms with van der Waals surface area (Å²) in [5, 5.41) is 6.88. The minimum Gasteiger partial charge on any atom is -0.385 e. The predicted octanol–water partition coefficient (Wildman–Crippen LogP) is 2.55. The molecule has 0 aromatic heterocycles. The van der Waals surface area contributed by atoms with E-state index in [0.29, 0.717) is 30.1 Å². The van der Waals surface area contributed by atoms with E-state index in [9.17, 15) is 4.39 Å². The summed E-state index contributed by atoms with van der Waals surface area (Å²) in [6.45, 7) is 6.68. The van der Waals surface area contributed by atoms with Gasteiger partial charge in [0.15, 0.2) is 5.96 Å². The molecule has 0 amide bonds. The Hall–Kier alpha value is -1.37. The topological polar surface area (TPSA) is 48.9 Å². The molecule has 0 aliphatic carbocycles. The second-order valence-electron chi connectivity index (χ2n) is 5.79. The van der Waals surface area contributed by atoms with E-state index in [1.807, 2.05) is 6.92 Å². The Morgan fingerprint density at radius 1 is 1.32 bits per heavy atom. The average molecular weight is 373 g/mol. The van der Waals surface area contributed by atoms with E-state index in [2.05, 4.69) is 27.6 Å². The number of aliphatic imine (C=N–C) groups is 1. The second-order valence-corrected chi connectivity index (χ2v) is 6.19. The summed E-state index contributed by atoms with van der Waals surface area (Å²) in [4.78, 5) is 6.78. The van der Waals surface area contributed by atoms with Crippen LogP contribution in [0, 0.1) is 5.82 Å². The van der Waals surface area contributed by atoms with E-state index >= 15 is 0 Å². The molecule has 0 radical (unpaired) electrons. The van der Waals surface area contributed by atoms with Gasteiger partial charge in [0, 0.05) is 50.5 Å². The van der Waals surface area contributed by atoms with Crippen LogP contribution >= 0.6 is 11.6 Å². The predicted molar refractivity (Wildman–Crippen MR) is 103 cm³/mol. The minimum absolute atomic E-state index is 0.270. The quantitative estimate of drug-likeness (QED) is 0.356. The van der Waals surface area contributed by atoms with Gasteiger partial charge in [0.05, 0.1) is 6.54 Å². The Morgan fingerprint density at radius 2 is 2.12 bits per heavy atom. The van der Waals surface area contributed by atoms with Gasteiger partial charge < -0.3 is 20.3 Å². The fourth-order valence-electron chi connectivity index (χ4n) is 2.34. The molecule has 1 rings (SSSR count). The molecule has 142 valence electrons. The fourth-order valence-corrected chi connectivity index (χ4v) is 2.60. The van der Waals surface area contributed by atoms with Gasteiger partial charge in [0.1, 0.15) is 5.82 Å². The summed E-state index contributed by atoms with van der Waals surface area (Å²) in [7, 11) is 3.79. The maximum atomic E-state index is 13.8. The molecule has 2 N–H and O–H groups in total. The second kappa shape index (κ2) is 12.9. The van der Waals surface area contributed by atoms with Gasteiger partial charge in [-0.15, -0.1) is 0 Å². The third-order valence-electron chi connectivity index (χ3n) is 3.71. The highest BCUT2D eigenvalue weighted by Gasteiger charge is 2.07. The zero-order chi connectivity index (χ0) is 18.5. The van der Waals surface area contributed by atoms with Crippen LogP contribution < -0.4 is 10.6 Å². The highest BCUT2D eigenvalue weighted by atomic mass is 35.5. The number of rotatable bonds is 11. The van der Waals surface area contributed by atoms with Crippen LogP contribution in [0.25, 0.3) is 0 Å².